The summed E-state index contributed by atoms with van der Waals surface area (Å²) in [5.41, 5.74) is 0.273. The van der Waals surface area contributed by atoms with Crippen LogP contribution in [0.4, 0.5) is 5.69 Å². The molecule has 1 N–H and O–H groups in total. The summed E-state index contributed by atoms with van der Waals surface area (Å²) in [4.78, 5) is 11.6. The maximum absolute atomic E-state index is 11.6. The summed E-state index contributed by atoms with van der Waals surface area (Å²) in [5.74, 6) is -0.620. The van der Waals surface area contributed by atoms with E-state index in [4.69, 9.17) is 33.7 Å². The third-order valence-electron chi connectivity index (χ3n) is 2.08. The highest BCUT2D eigenvalue weighted by Crippen LogP contribution is 2.29. The van der Waals surface area contributed by atoms with E-state index in [1.807, 2.05) is 0 Å². The van der Waals surface area contributed by atoms with Gasteiger partial charge < -0.3 is 10.1 Å². The Kier molecular flexibility index (Phi) is 5.20. The fraction of sp³-hybridized carbons (Fsp3) is 0.0833. The number of ether oxygens (including phenoxy) is 1. The number of carbonyl (C=O) groups excluding carboxylic acids is 1. The molecule has 19 heavy (non-hydrogen) atoms. The molecule has 0 saturated carbocycles. The number of benzene rings is 1. The van der Waals surface area contributed by atoms with Crippen molar-refractivity contribution in [2.24, 2.45) is 0 Å². The number of nitrogens with one attached hydrogen (secondary N) is 1. The molecule has 0 aliphatic carbocycles. The molecule has 1 aromatic carbocycles. The predicted molar refractivity (Wildman–Crippen MR) is 70.7 cm³/mol. The molecule has 0 radical (unpaired) electrons. The van der Waals surface area contributed by atoms with Crippen molar-refractivity contribution in [3.8, 4) is 12.1 Å². The second-order valence-corrected chi connectivity index (χ2v) is 4.04. The van der Waals surface area contributed by atoms with E-state index >= 15 is 0 Å². The number of rotatable bonds is 3. The summed E-state index contributed by atoms with van der Waals surface area (Å²) in [5, 5.41) is 20.3. The second kappa shape index (κ2) is 6.65. The maximum Gasteiger partial charge on any atom is 0.340 e. The van der Waals surface area contributed by atoms with Crippen molar-refractivity contribution in [2.75, 3.05) is 12.4 Å². The SMILES string of the molecule is COC(=O)c1cc(Cl)c(Cl)cc1NC=C(C#N)C#N. The van der Waals surface area contributed by atoms with Crippen molar-refractivity contribution in [2.45, 2.75) is 0 Å². The molecule has 0 unspecified atom stereocenters. The minimum atomic E-state index is -0.620. The van der Waals surface area contributed by atoms with Gasteiger partial charge in [0.2, 0.25) is 0 Å². The summed E-state index contributed by atoms with van der Waals surface area (Å²) in [6.45, 7) is 0. The molecule has 0 saturated heterocycles. The third kappa shape index (κ3) is 3.62. The van der Waals surface area contributed by atoms with Crippen molar-refractivity contribution in [1.82, 2.24) is 0 Å². The molecule has 0 aliphatic rings. The van der Waals surface area contributed by atoms with Gasteiger partial charge in [-0.3, -0.25) is 0 Å². The number of hydrogen-bond acceptors (Lipinski definition) is 5. The monoisotopic (exact) mass is 295 g/mol. The Labute approximate surface area is 119 Å². The van der Waals surface area contributed by atoms with Gasteiger partial charge in [-0.2, -0.15) is 10.5 Å². The topological polar surface area (TPSA) is 85.9 Å². The summed E-state index contributed by atoms with van der Waals surface area (Å²) in [7, 11) is 1.22. The zero-order valence-corrected chi connectivity index (χ0v) is 11.2. The Bertz CT molecular complexity index is 611. The molecule has 7 heteroatoms. The molecule has 0 bridgehead atoms. The number of halogens is 2. The predicted octanol–water partition coefficient (Wildman–Crippen LogP) is 3.12. The number of nitriles is 2. The summed E-state index contributed by atoms with van der Waals surface area (Å²) < 4.78 is 4.60. The Morgan fingerprint density at radius 3 is 2.42 bits per heavy atom. The molecule has 0 atom stereocenters. The Balaban J connectivity index is 3.23. The van der Waals surface area contributed by atoms with Gasteiger partial charge in [0.25, 0.3) is 0 Å². The fourth-order valence-electron chi connectivity index (χ4n) is 1.18. The van der Waals surface area contributed by atoms with Crippen LogP contribution in [-0.2, 0) is 4.74 Å². The molecule has 1 aromatic rings. The first-order valence-corrected chi connectivity index (χ1v) is 5.63. The fourth-order valence-corrected chi connectivity index (χ4v) is 1.51. The average molecular weight is 296 g/mol. The molecule has 5 nitrogen and oxygen atoms in total. The van der Waals surface area contributed by atoms with Crippen molar-refractivity contribution in [3.05, 3.63) is 39.5 Å². The van der Waals surface area contributed by atoms with Crippen molar-refractivity contribution < 1.29 is 9.53 Å². The number of hydrogen-bond donors (Lipinski definition) is 1. The van der Waals surface area contributed by atoms with Crippen LogP contribution in [0, 0.1) is 22.7 Å². The van der Waals surface area contributed by atoms with E-state index in [0.717, 1.165) is 6.20 Å². The molecule has 0 amide bonds. The van der Waals surface area contributed by atoms with Gasteiger partial charge in [0, 0.05) is 6.20 Å². The van der Waals surface area contributed by atoms with Gasteiger partial charge in [0.1, 0.15) is 17.7 Å². The van der Waals surface area contributed by atoms with E-state index in [1.54, 1.807) is 12.1 Å². The number of carbonyl (C=O) groups is 1. The highest BCUT2D eigenvalue weighted by atomic mass is 35.5. The second-order valence-electron chi connectivity index (χ2n) is 3.23. The first kappa shape index (κ1) is 14.8. The van der Waals surface area contributed by atoms with Crippen LogP contribution in [-0.4, -0.2) is 13.1 Å². The van der Waals surface area contributed by atoms with Crippen molar-refractivity contribution in [1.29, 1.82) is 10.5 Å². The van der Waals surface area contributed by atoms with Gasteiger partial charge in [0.15, 0.2) is 0 Å². The van der Waals surface area contributed by atoms with Gasteiger partial charge in [0.05, 0.1) is 28.4 Å². The Morgan fingerprint density at radius 2 is 1.89 bits per heavy atom. The van der Waals surface area contributed by atoms with E-state index in [9.17, 15) is 4.79 Å². The van der Waals surface area contributed by atoms with Crippen LogP contribution in [0.25, 0.3) is 0 Å². The number of anilines is 1. The van der Waals surface area contributed by atoms with Gasteiger partial charge in [-0.1, -0.05) is 23.2 Å². The lowest BCUT2D eigenvalue weighted by Gasteiger charge is -2.09. The summed E-state index contributed by atoms with van der Waals surface area (Å²) in [6, 6.07) is 6.09. The van der Waals surface area contributed by atoms with Crippen LogP contribution < -0.4 is 5.32 Å². The Hall–Kier alpha value is -2.21. The van der Waals surface area contributed by atoms with Crippen molar-refractivity contribution >= 4 is 34.9 Å². The van der Waals surface area contributed by atoms with Gasteiger partial charge in [-0.15, -0.1) is 0 Å². The summed E-state index contributed by atoms with van der Waals surface area (Å²) >= 11 is 11.7. The third-order valence-corrected chi connectivity index (χ3v) is 2.80. The van der Waals surface area contributed by atoms with E-state index in [-0.39, 0.29) is 26.9 Å². The molecule has 0 fully saturated rings. The lowest BCUT2D eigenvalue weighted by Crippen LogP contribution is -2.06. The van der Waals surface area contributed by atoms with Crippen LogP contribution in [0.3, 0.4) is 0 Å². The zero-order valence-electron chi connectivity index (χ0n) is 9.70. The standard InChI is InChI=1S/C12H7Cl2N3O2/c1-19-12(18)8-2-9(13)10(14)3-11(8)17-6-7(4-15)5-16/h2-3,6,17H,1H3. The Morgan fingerprint density at radius 1 is 1.32 bits per heavy atom. The molecular formula is C12H7Cl2N3O2. The first-order valence-electron chi connectivity index (χ1n) is 4.87. The number of methoxy groups -OCH3 is 1. The van der Waals surface area contributed by atoms with Crippen LogP contribution in [0.5, 0.6) is 0 Å². The largest absolute Gasteiger partial charge is 0.465 e. The molecule has 0 aromatic heterocycles. The zero-order chi connectivity index (χ0) is 14.4. The molecule has 0 spiro atoms. The normalized spacial score (nSPS) is 8.89. The summed E-state index contributed by atoms with van der Waals surface area (Å²) in [6.07, 6.45) is 1.16. The first-order chi connectivity index (χ1) is 9.03. The average Bonchev–Trinajstić information content (AvgIpc) is 2.42. The lowest BCUT2D eigenvalue weighted by molar-refractivity contribution is 0.0602. The van der Waals surface area contributed by atoms with E-state index in [2.05, 4.69) is 10.1 Å². The minimum Gasteiger partial charge on any atom is -0.465 e. The van der Waals surface area contributed by atoms with Crippen LogP contribution in [0.1, 0.15) is 10.4 Å². The quantitative estimate of drug-likeness (QED) is 0.684. The van der Waals surface area contributed by atoms with Gasteiger partial charge >= 0.3 is 5.97 Å². The molecule has 96 valence electrons. The van der Waals surface area contributed by atoms with Crippen LogP contribution >= 0.6 is 23.2 Å². The van der Waals surface area contributed by atoms with E-state index in [1.165, 1.54) is 19.2 Å². The van der Waals surface area contributed by atoms with Crippen LogP contribution in [0.15, 0.2) is 23.9 Å². The number of esters is 1. The maximum atomic E-state index is 11.6. The number of nitrogens with zero attached hydrogens (tertiary/aromatic N) is 2. The lowest BCUT2D eigenvalue weighted by atomic mass is 10.1. The van der Waals surface area contributed by atoms with Gasteiger partial charge in [-0.25, -0.2) is 4.79 Å². The van der Waals surface area contributed by atoms with Gasteiger partial charge in [-0.05, 0) is 12.1 Å². The smallest absolute Gasteiger partial charge is 0.340 e. The molecule has 0 aliphatic heterocycles. The van der Waals surface area contributed by atoms with Crippen molar-refractivity contribution in [3.63, 3.8) is 0 Å². The molecule has 0 heterocycles. The van der Waals surface area contributed by atoms with Crippen LogP contribution in [0.2, 0.25) is 10.0 Å². The molecule has 1 rings (SSSR count). The highest BCUT2D eigenvalue weighted by Gasteiger charge is 2.14. The minimum absolute atomic E-state index is 0.142. The number of allylic oxidation sites excluding steroid dienone is 1. The highest BCUT2D eigenvalue weighted by molar-refractivity contribution is 6.42. The van der Waals surface area contributed by atoms with E-state index < -0.39 is 5.97 Å². The molecular weight excluding hydrogens is 289 g/mol. The van der Waals surface area contributed by atoms with E-state index in [0.29, 0.717) is 0 Å².